The van der Waals surface area contributed by atoms with Crippen LogP contribution in [-0.2, 0) is 6.54 Å². The van der Waals surface area contributed by atoms with Gasteiger partial charge >= 0.3 is 0 Å². The molecule has 1 N–H and O–H groups in total. The van der Waals surface area contributed by atoms with E-state index in [1.165, 1.54) is 18.4 Å². The predicted octanol–water partition coefficient (Wildman–Crippen LogP) is 3.13. The van der Waals surface area contributed by atoms with Crippen molar-refractivity contribution in [2.75, 3.05) is 13.1 Å². The number of amides is 1. The smallest absolute Gasteiger partial charge is 0.257 e. The van der Waals surface area contributed by atoms with Crippen LogP contribution in [0.4, 0.5) is 0 Å². The van der Waals surface area contributed by atoms with Gasteiger partial charge in [-0.15, -0.1) is 0 Å². The van der Waals surface area contributed by atoms with Crippen molar-refractivity contribution in [3.8, 4) is 0 Å². The van der Waals surface area contributed by atoms with E-state index in [0.717, 1.165) is 19.5 Å². The maximum absolute atomic E-state index is 12.9. The summed E-state index contributed by atoms with van der Waals surface area (Å²) in [6, 6.07) is 4.25. The first-order chi connectivity index (χ1) is 10.8. The van der Waals surface area contributed by atoms with Crippen molar-refractivity contribution < 1.29 is 9.21 Å². The number of piperidine rings is 1. The predicted molar refractivity (Wildman–Crippen MR) is 85.8 cm³/mol. The Bertz CT molecular complexity index is 630. The summed E-state index contributed by atoms with van der Waals surface area (Å²) in [5.41, 5.74) is 2.23. The van der Waals surface area contributed by atoms with Gasteiger partial charge in [0.15, 0.2) is 0 Å². The summed E-state index contributed by atoms with van der Waals surface area (Å²) >= 11 is 1.68. The van der Waals surface area contributed by atoms with Crippen molar-refractivity contribution in [2.45, 2.75) is 31.8 Å². The van der Waals surface area contributed by atoms with Crippen LogP contribution in [-0.4, -0.2) is 29.9 Å². The van der Waals surface area contributed by atoms with E-state index < -0.39 is 0 Å². The zero-order valence-electron chi connectivity index (χ0n) is 12.5. The van der Waals surface area contributed by atoms with Gasteiger partial charge in [-0.25, -0.2) is 0 Å². The molecule has 1 aliphatic carbocycles. The highest BCUT2D eigenvalue weighted by molar-refractivity contribution is 7.07. The van der Waals surface area contributed by atoms with Crippen LogP contribution in [0.2, 0.25) is 0 Å². The molecule has 0 radical (unpaired) electrons. The Kier molecular flexibility index (Phi) is 3.54. The fourth-order valence-corrected chi connectivity index (χ4v) is 4.34. The molecule has 5 heteroatoms. The van der Waals surface area contributed by atoms with Crippen molar-refractivity contribution >= 4 is 17.2 Å². The first-order valence-corrected chi connectivity index (χ1v) is 8.78. The molecule has 1 aliphatic heterocycles. The quantitative estimate of drug-likeness (QED) is 0.942. The average Bonchev–Trinajstić information content (AvgIpc) is 3.02. The fraction of sp³-hybridized carbons (Fsp3) is 0.471. The number of furan rings is 1. The second kappa shape index (κ2) is 5.56. The van der Waals surface area contributed by atoms with Crippen LogP contribution >= 0.6 is 11.3 Å². The summed E-state index contributed by atoms with van der Waals surface area (Å²) in [6.07, 6.45) is 6.62. The Hall–Kier alpha value is -1.59. The molecule has 4 rings (SSSR count). The van der Waals surface area contributed by atoms with Crippen LogP contribution in [0, 0.1) is 5.41 Å². The lowest BCUT2D eigenvalue weighted by atomic mass is 9.93. The maximum Gasteiger partial charge on any atom is 0.257 e. The molecule has 1 amide bonds. The molecule has 2 aliphatic rings. The van der Waals surface area contributed by atoms with Crippen LogP contribution in [0.25, 0.3) is 0 Å². The highest BCUT2D eigenvalue weighted by Crippen LogP contribution is 2.56. The van der Waals surface area contributed by atoms with Crippen LogP contribution in [0.5, 0.6) is 0 Å². The van der Waals surface area contributed by atoms with Crippen molar-refractivity contribution in [1.82, 2.24) is 10.2 Å². The molecule has 116 valence electrons. The Morgan fingerprint density at radius 1 is 1.41 bits per heavy atom. The number of hydrogen-bond donors (Lipinski definition) is 1. The number of nitrogens with one attached hydrogen (secondary N) is 1. The molecule has 0 bridgehead atoms. The number of hydrogen-bond acceptors (Lipinski definition) is 4. The largest absolute Gasteiger partial charge is 0.472 e. The third-order valence-electron chi connectivity index (χ3n) is 5.08. The van der Waals surface area contributed by atoms with E-state index in [0.29, 0.717) is 23.6 Å². The molecule has 1 unspecified atom stereocenters. The number of nitrogens with zero attached hydrogens (tertiary/aromatic N) is 1. The maximum atomic E-state index is 12.9. The first-order valence-electron chi connectivity index (χ1n) is 7.83. The van der Waals surface area contributed by atoms with E-state index >= 15 is 0 Å². The van der Waals surface area contributed by atoms with Crippen molar-refractivity contribution in [2.24, 2.45) is 5.41 Å². The molecule has 2 fully saturated rings. The van der Waals surface area contributed by atoms with Gasteiger partial charge in [0.2, 0.25) is 0 Å². The molecule has 3 heterocycles. The zero-order valence-corrected chi connectivity index (χ0v) is 13.3. The molecule has 1 saturated carbocycles. The van der Waals surface area contributed by atoms with E-state index in [1.807, 2.05) is 0 Å². The van der Waals surface area contributed by atoms with Gasteiger partial charge in [0.1, 0.15) is 6.26 Å². The lowest BCUT2D eigenvalue weighted by Crippen LogP contribution is -2.39. The van der Waals surface area contributed by atoms with E-state index in [2.05, 4.69) is 27.0 Å². The van der Waals surface area contributed by atoms with E-state index in [4.69, 9.17) is 4.42 Å². The van der Waals surface area contributed by atoms with Gasteiger partial charge in [-0.05, 0) is 66.2 Å². The third kappa shape index (κ3) is 2.48. The van der Waals surface area contributed by atoms with Gasteiger partial charge in [-0.3, -0.25) is 4.79 Å². The number of rotatable bonds is 4. The molecule has 2 aromatic rings. The zero-order chi connectivity index (χ0) is 15.0. The molecule has 22 heavy (non-hydrogen) atoms. The van der Waals surface area contributed by atoms with Crippen molar-refractivity contribution in [3.05, 3.63) is 46.5 Å². The topological polar surface area (TPSA) is 45.5 Å². The fourth-order valence-electron chi connectivity index (χ4n) is 3.68. The molecule has 1 saturated heterocycles. The molecule has 2 aromatic heterocycles. The second-order valence-electron chi connectivity index (χ2n) is 6.41. The summed E-state index contributed by atoms with van der Waals surface area (Å²) < 4.78 is 5.10. The Labute approximate surface area is 134 Å². The van der Waals surface area contributed by atoms with Gasteiger partial charge in [0.05, 0.1) is 11.8 Å². The minimum Gasteiger partial charge on any atom is -0.472 e. The van der Waals surface area contributed by atoms with Crippen LogP contribution in [0.3, 0.4) is 0 Å². The third-order valence-corrected chi connectivity index (χ3v) is 5.82. The van der Waals surface area contributed by atoms with Gasteiger partial charge in [-0.2, -0.15) is 11.3 Å². The first kappa shape index (κ1) is 14.0. The second-order valence-corrected chi connectivity index (χ2v) is 7.19. The number of carbonyl (C=O) groups is 1. The molecule has 4 nitrogen and oxygen atoms in total. The summed E-state index contributed by atoms with van der Waals surface area (Å²) in [7, 11) is 0. The SMILES string of the molecule is O=C(c1ccoc1)N(Cc1ccsc1)C1CC12CCNCC2. The number of carbonyl (C=O) groups excluding carboxylic acids is 1. The normalized spacial score (nSPS) is 22.6. The monoisotopic (exact) mass is 316 g/mol. The van der Waals surface area contributed by atoms with E-state index in [1.54, 1.807) is 29.9 Å². The molecule has 1 atom stereocenters. The Balaban J connectivity index is 1.57. The summed E-state index contributed by atoms with van der Waals surface area (Å²) in [4.78, 5) is 15.0. The summed E-state index contributed by atoms with van der Waals surface area (Å²) in [5, 5.41) is 7.63. The van der Waals surface area contributed by atoms with Crippen molar-refractivity contribution in [3.63, 3.8) is 0 Å². The minimum atomic E-state index is 0.0976. The van der Waals surface area contributed by atoms with Crippen LogP contribution in [0.15, 0.2) is 39.8 Å². The summed E-state index contributed by atoms with van der Waals surface area (Å²) in [6.45, 7) is 2.85. The Morgan fingerprint density at radius 2 is 2.27 bits per heavy atom. The highest BCUT2D eigenvalue weighted by atomic mass is 32.1. The van der Waals surface area contributed by atoms with Gasteiger partial charge < -0.3 is 14.6 Å². The molecule has 1 spiro atoms. The van der Waals surface area contributed by atoms with Gasteiger partial charge in [0, 0.05) is 12.6 Å². The summed E-state index contributed by atoms with van der Waals surface area (Å²) in [5.74, 6) is 0.0976. The molecular formula is C17H20N2O2S. The van der Waals surface area contributed by atoms with E-state index in [-0.39, 0.29) is 5.91 Å². The Morgan fingerprint density at radius 3 is 2.95 bits per heavy atom. The minimum absolute atomic E-state index is 0.0976. The van der Waals surface area contributed by atoms with Gasteiger partial charge in [0.25, 0.3) is 5.91 Å². The van der Waals surface area contributed by atoms with Crippen LogP contribution in [0.1, 0.15) is 35.2 Å². The van der Waals surface area contributed by atoms with Crippen LogP contribution < -0.4 is 5.32 Å². The van der Waals surface area contributed by atoms with E-state index in [9.17, 15) is 4.79 Å². The molecule has 0 aromatic carbocycles. The van der Waals surface area contributed by atoms with Crippen molar-refractivity contribution in [1.29, 1.82) is 0 Å². The number of thiophene rings is 1. The highest BCUT2D eigenvalue weighted by Gasteiger charge is 2.57. The van der Waals surface area contributed by atoms with Gasteiger partial charge in [-0.1, -0.05) is 0 Å². The standard InChI is InChI=1S/C17H20N2O2S/c20-16(14-1-7-21-11-14)19(10-13-2-8-22-12-13)15-9-17(15)3-5-18-6-4-17/h1-2,7-8,11-12,15,18H,3-6,9-10H2. The molecular weight excluding hydrogens is 296 g/mol. The average molecular weight is 316 g/mol. The lowest BCUT2D eigenvalue weighted by Gasteiger charge is -2.29. The lowest BCUT2D eigenvalue weighted by molar-refractivity contribution is 0.0691.